The molecule has 0 aliphatic heterocycles. The molecule has 182 valence electrons. The number of para-hydroxylation sites is 1. The molecule has 0 heterocycles. The van der Waals surface area contributed by atoms with Gasteiger partial charge in [-0.25, -0.2) is 8.78 Å². The maximum Gasteiger partial charge on any atom is 0.419 e. The number of rotatable bonds is 5. The van der Waals surface area contributed by atoms with Crippen molar-refractivity contribution in [2.24, 2.45) is 0 Å². The van der Waals surface area contributed by atoms with Gasteiger partial charge in [0.1, 0.15) is 28.9 Å². The molecule has 3 rings (SSSR count). The van der Waals surface area contributed by atoms with E-state index in [1.165, 1.54) is 18.2 Å². The van der Waals surface area contributed by atoms with Crippen LogP contribution in [0.4, 0.5) is 40.8 Å². The first-order valence-corrected chi connectivity index (χ1v) is 9.53. The standard InChI is InChI=1S/C23H12F8N2O2/c24-16-7-5-14(9-13(16)11-32)33-21(34)19-18(8-6-15(20(19)25)23(29,30)31)35-17-4-2-1-3-12(17)10-22(26,27)28/h1-9H,10H2,(H,33,34). The molecule has 0 unspecified atom stereocenters. The van der Waals surface area contributed by atoms with E-state index >= 15 is 0 Å². The topological polar surface area (TPSA) is 62.1 Å². The number of hydrogen-bond donors (Lipinski definition) is 1. The minimum absolute atomic E-state index is 0.256. The lowest BCUT2D eigenvalue weighted by molar-refractivity contribution is -0.140. The average molecular weight is 500 g/mol. The van der Waals surface area contributed by atoms with E-state index in [2.05, 4.69) is 0 Å². The Hall–Kier alpha value is -4.14. The van der Waals surface area contributed by atoms with Crippen LogP contribution in [-0.4, -0.2) is 12.1 Å². The van der Waals surface area contributed by atoms with E-state index < -0.39 is 70.1 Å². The number of nitrogens with zero attached hydrogens (tertiary/aromatic N) is 1. The largest absolute Gasteiger partial charge is 0.456 e. The fourth-order valence-electron chi connectivity index (χ4n) is 3.04. The van der Waals surface area contributed by atoms with Gasteiger partial charge in [-0.15, -0.1) is 0 Å². The summed E-state index contributed by atoms with van der Waals surface area (Å²) in [5.74, 6) is -5.73. The molecule has 35 heavy (non-hydrogen) atoms. The van der Waals surface area contributed by atoms with Crippen molar-refractivity contribution < 1.29 is 44.7 Å². The van der Waals surface area contributed by atoms with Crippen molar-refractivity contribution in [2.45, 2.75) is 18.8 Å². The number of nitriles is 1. The number of carbonyl (C=O) groups excluding carboxylic acids is 1. The summed E-state index contributed by atoms with van der Waals surface area (Å²) < 4.78 is 112. The first-order valence-electron chi connectivity index (χ1n) is 9.53. The van der Waals surface area contributed by atoms with Crippen LogP contribution in [0.2, 0.25) is 0 Å². The number of benzene rings is 3. The Morgan fingerprint density at radius 1 is 0.943 bits per heavy atom. The van der Waals surface area contributed by atoms with Gasteiger partial charge >= 0.3 is 12.4 Å². The van der Waals surface area contributed by atoms with Crippen molar-refractivity contribution in [2.75, 3.05) is 5.32 Å². The Bertz CT molecular complexity index is 1310. The van der Waals surface area contributed by atoms with E-state index in [4.69, 9.17) is 10.00 Å². The van der Waals surface area contributed by atoms with Crippen LogP contribution < -0.4 is 10.1 Å². The number of anilines is 1. The van der Waals surface area contributed by atoms with Crippen LogP contribution >= 0.6 is 0 Å². The molecule has 0 saturated heterocycles. The van der Waals surface area contributed by atoms with E-state index in [1.54, 1.807) is 0 Å². The average Bonchev–Trinajstić information content (AvgIpc) is 2.74. The van der Waals surface area contributed by atoms with Gasteiger partial charge in [0, 0.05) is 11.3 Å². The lowest BCUT2D eigenvalue weighted by Crippen LogP contribution is -2.19. The SMILES string of the molecule is N#Cc1cc(NC(=O)c2c(Oc3ccccc3CC(F)(F)F)ccc(C(F)(F)F)c2F)ccc1F. The third-order valence-electron chi connectivity index (χ3n) is 4.56. The fraction of sp³-hybridized carbons (Fsp3) is 0.130. The van der Waals surface area contributed by atoms with Crippen LogP contribution in [0.3, 0.4) is 0 Å². The first-order chi connectivity index (χ1) is 16.3. The number of halogens is 8. The number of nitrogens with one attached hydrogen (secondary N) is 1. The van der Waals surface area contributed by atoms with Crippen molar-refractivity contribution in [1.82, 2.24) is 0 Å². The van der Waals surface area contributed by atoms with Gasteiger partial charge in [-0.2, -0.15) is 31.6 Å². The van der Waals surface area contributed by atoms with Crippen molar-refractivity contribution in [3.63, 3.8) is 0 Å². The highest BCUT2D eigenvalue weighted by atomic mass is 19.4. The summed E-state index contributed by atoms with van der Waals surface area (Å²) >= 11 is 0. The monoisotopic (exact) mass is 500 g/mol. The van der Waals surface area contributed by atoms with E-state index in [-0.39, 0.29) is 11.8 Å². The molecule has 0 spiro atoms. The zero-order chi connectivity index (χ0) is 26.0. The van der Waals surface area contributed by atoms with Gasteiger partial charge in [-0.1, -0.05) is 18.2 Å². The molecule has 12 heteroatoms. The molecule has 0 bridgehead atoms. The molecule has 3 aromatic rings. The fourth-order valence-corrected chi connectivity index (χ4v) is 3.04. The zero-order valence-electron chi connectivity index (χ0n) is 17.2. The Balaban J connectivity index is 2.08. The molecule has 1 amide bonds. The minimum atomic E-state index is -5.21. The van der Waals surface area contributed by atoms with Crippen molar-refractivity contribution in [1.29, 1.82) is 5.26 Å². The van der Waals surface area contributed by atoms with Crippen LogP contribution in [0.25, 0.3) is 0 Å². The van der Waals surface area contributed by atoms with E-state index in [0.717, 1.165) is 30.3 Å². The first kappa shape index (κ1) is 25.5. The van der Waals surface area contributed by atoms with Gasteiger partial charge < -0.3 is 10.1 Å². The van der Waals surface area contributed by atoms with Gasteiger partial charge in [0.15, 0.2) is 5.82 Å². The third kappa shape index (κ3) is 6.06. The predicted octanol–water partition coefficient (Wildman–Crippen LogP) is 7.00. The summed E-state index contributed by atoms with van der Waals surface area (Å²) in [6.07, 6.45) is -11.3. The molecule has 0 aliphatic rings. The quantitative estimate of drug-likeness (QED) is 0.384. The van der Waals surface area contributed by atoms with E-state index in [1.807, 2.05) is 5.32 Å². The van der Waals surface area contributed by atoms with Crippen molar-refractivity contribution in [3.8, 4) is 17.6 Å². The lowest BCUT2D eigenvalue weighted by atomic mass is 10.1. The highest BCUT2D eigenvalue weighted by Crippen LogP contribution is 2.38. The van der Waals surface area contributed by atoms with Gasteiger partial charge in [-0.05, 0) is 36.4 Å². The second-order valence-electron chi connectivity index (χ2n) is 7.06. The second kappa shape index (κ2) is 9.61. The molecule has 0 aromatic heterocycles. The Labute approximate surface area is 192 Å². The normalized spacial score (nSPS) is 11.6. The van der Waals surface area contributed by atoms with Crippen LogP contribution in [-0.2, 0) is 12.6 Å². The number of hydrogen-bond acceptors (Lipinski definition) is 3. The highest BCUT2D eigenvalue weighted by molar-refractivity contribution is 6.06. The summed E-state index contributed by atoms with van der Waals surface area (Å²) in [6, 6.07) is 9.64. The van der Waals surface area contributed by atoms with Crippen LogP contribution in [0, 0.1) is 23.0 Å². The van der Waals surface area contributed by atoms with Gasteiger partial charge in [0.05, 0.1) is 17.5 Å². The summed E-state index contributed by atoms with van der Waals surface area (Å²) in [6.45, 7) is 0. The predicted molar refractivity (Wildman–Crippen MR) is 107 cm³/mol. The molecular weight excluding hydrogens is 488 g/mol. The molecule has 0 atom stereocenters. The maximum atomic E-state index is 14.9. The maximum absolute atomic E-state index is 14.9. The van der Waals surface area contributed by atoms with Crippen molar-refractivity contribution in [3.05, 3.63) is 88.5 Å². The van der Waals surface area contributed by atoms with E-state index in [9.17, 15) is 39.9 Å². The van der Waals surface area contributed by atoms with Crippen molar-refractivity contribution >= 4 is 11.6 Å². The number of ether oxygens (including phenoxy) is 1. The molecular formula is C23H12F8N2O2. The smallest absolute Gasteiger partial charge is 0.419 e. The van der Waals surface area contributed by atoms with Crippen LogP contribution in [0.15, 0.2) is 54.6 Å². The molecule has 4 nitrogen and oxygen atoms in total. The summed E-state index contributed by atoms with van der Waals surface area (Å²) in [5.41, 5.74) is -4.26. The second-order valence-corrected chi connectivity index (χ2v) is 7.06. The number of alkyl halides is 6. The Kier molecular flexibility index (Phi) is 7.00. The zero-order valence-corrected chi connectivity index (χ0v) is 17.2. The summed E-state index contributed by atoms with van der Waals surface area (Å²) in [4.78, 5) is 12.8. The van der Waals surface area contributed by atoms with Gasteiger partial charge in [-0.3, -0.25) is 4.79 Å². The molecule has 3 aromatic carbocycles. The minimum Gasteiger partial charge on any atom is -0.456 e. The Morgan fingerprint density at radius 2 is 1.63 bits per heavy atom. The molecule has 0 radical (unpaired) electrons. The van der Waals surface area contributed by atoms with Crippen LogP contribution in [0.5, 0.6) is 11.5 Å². The third-order valence-corrected chi connectivity index (χ3v) is 4.56. The summed E-state index contributed by atoms with van der Waals surface area (Å²) in [5, 5.41) is 10.9. The highest BCUT2D eigenvalue weighted by Gasteiger charge is 2.38. The lowest BCUT2D eigenvalue weighted by Gasteiger charge is -2.18. The molecule has 0 fully saturated rings. The molecule has 1 N–H and O–H groups in total. The number of carbonyl (C=O) groups is 1. The van der Waals surface area contributed by atoms with Gasteiger partial charge in [0.25, 0.3) is 5.91 Å². The molecule has 0 aliphatic carbocycles. The molecule has 0 saturated carbocycles. The van der Waals surface area contributed by atoms with Gasteiger partial charge in [0.2, 0.25) is 0 Å². The summed E-state index contributed by atoms with van der Waals surface area (Å²) in [7, 11) is 0. The van der Waals surface area contributed by atoms with E-state index in [0.29, 0.717) is 6.07 Å². The van der Waals surface area contributed by atoms with Crippen LogP contribution in [0.1, 0.15) is 27.0 Å². The Morgan fingerprint density at radius 3 is 2.26 bits per heavy atom. The number of amides is 1.